The summed E-state index contributed by atoms with van der Waals surface area (Å²) in [6.45, 7) is 1.84. The van der Waals surface area contributed by atoms with Gasteiger partial charge in [-0.25, -0.2) is 8.78 Å². The molecule has 0 heterocycles. The van der Waals surface area contributed by atoms with Gasteiger partial charge in [0, 0.05) is 12.3 Å². The summed E-state index contributed by atoms with van der Waals surface area (Å²) in [5.41, 5.74) is 0. The molecule has 1 saturated carbocycles. The maximum atomic E-state index is 12.6. The van der Waals surface area contributed by atoms with E-state index in [1.165, 1.54) is 0 Å². The Hall–Kier alpha value is -0.140. The second kappa shape index (κ2) is 2.24. The molecule has 0 radical (unpaired) electrons. The first-order valence-corrected chi connectivity index (χ1v) is 3.54. The van der Waals surface area contributed by atoms with Crippen LogP contribution < -0.4 is 0 Å². The van der Waals surface area contributed by atoms with Gasteiger partial charge in [0.2, 0.25) is 0 Å². The van der Waals surface area contributed by atoms with Crippen molar-refractivity contribution < 1.29 is 8.78 Å². The Labute approximate surface area is 54.3 Å². The van der Waals surface area contributed by atoms with Crippen LogP contribution in [0.4, 0.5) is 8.78 Å². The van der Waals surface area contributed by atoms with Crippen molar-refractivity contribution in [1.82, 2.24) is 0 Å². The van der Waals surface area contributed by atoms with Gasteiger partial charge in [-0.2, -0.15) is 0 Å². The molecule has 1 fully saturated rings. The van der Waals surface area contributed by atoms with Gasteiger partial charge in [0.05, 0.1) is 0 Å². The van der Waals surface area contributed by atoms with Crippen LogP contribution in [0.5, 0.6) is 0 Å². The minimum atomic E-state index is -2.34. The van der Waals surface area contributed by atoms with Gasteiger partial charge < -0.3 is 0 Å². The summed E-state index contributed by atoms with van der Waals surface area (Å²) < 4.78 is 25.2. The molecular formula is C7H12F2. The lowest BCUT2D eigenvalue weighted by Gasteiger charge is -2.15. The first-order valence-electron chi connectivity index (χ1n) is 3.54. The summed E-state index contributed by atoms with van der Waals surface area (Å²) in [7, 11) is 0. The summed E-state index contributed by atoms with van der Waals surface area (Å²) in [5.74, 6) is -2.66. The topological polar surface area (TPSA) is 0 Å². The fourth-order valence-corrected chi connectivity index (χ4v) is 1.50. The third kappa shape index (κ3) is 1.22. The smallest absolute Gasteiger partial charge is 0.207 e. The molecule has 0 saturated heterocycles. The molecule has 0 aromatic carbocycles. The SMILES string of the molecule is CCC1CCCC1(F)F. The molecule has 2 heteroatoms. The Balaban J connectivity index is 2.52. The summed E-state index contributed by atoms with van der Waals surface area (Å²) >= 11 is 0. The Morgan fingerprint density at radius 2 is 2.22 bits per heavy atom. The van der Waals surface area contributed by atoms with E-state index in [1.807, 2.05) is 6.92 Å². The Kier molecular flexibility index (Phi) is 1.73. The average Bonchev–Trinajstić information content (AvgIpc) is 2.08. The highest BCUT2D eigenvalue weighted by molar-refractivity contribution is 4.82. The Morgan fingerprint density at radius 1 is 1.56 bits per heavy atom. The fraction of sp³-hybridized carbons (Fsp3) is 1.00. The predicted octanol–water partition coefficient (Wildman–Crippen LogP) is 2.83. The van der Waals surface area contributed by atoms with Crippen LogP contribution in [-0.2, 0) is 0 Å². The van der Waals surface area contributed by atoms with E-state index in [2.05, 4.69) is 0 Å². The van der Waals surface area contributed by atoms with Crippen molar-refractivity contribution in [3.05, 3.63) is 0 Å². The van der Waals surface area contributed by atoms with E-state index in [0.717, 1.165) is 6.42 Å². The average molecular weight is 134 g/mol. The lowest BCUT2D eigenvalue weighted by molar-refractivity contribution is -0.0377. The van der Waals surface area contributed by atoms with Crippen LogP contribution in [0.25, 0.3) is 0 Å². The highest BCUT2D eigenvalue weighted by atomic mass is 19.3. The van der Waals surface area contributed by atoms with Crippen molar-refractivity contribution in [2.75, 3.05) is 0 Å². The molecular weight excluding hydrogens is 122 g/mol. The van der Waals surface area contributed by atoms with Gasteiger partial charge in [0.1, 0.15) is 0 Å². The second-order valence-electron chi connectivity index (χ2n) is 2.76. The highest BCUT2D eigenvalue weighted by Gasteiger charge is 2.42. The number of alkyl halides is 2. The Bertz CT molecular complexity index is 99.1. The molecule has 0 aromatic rings. The summed E-state index contributed by atoms with van der Waals surface area (Å²) in [5, 5.41) is 0. The zero-order valence-electron chi connectivity index (χ0n) is 5.66. The number of halogens is 2. The third-order valence-electron chi connectivity index (χ3n) is 2.15. The van der Waals surface area contributed by atoms with Gasteiger partial charge in [-0.05, 0) is 19.3 Å². The summed E-state index contributed by atoms with van der Waals surface area (Å²) in [4.78, 5) is 0. The van der Waals surface area contributed by atoms with Gasteiger partial charge >= 0.3 is 0 Å². The maximum absolute atomic E-state index is 12.6. The third-order valence-corrected chi connectivity index (χ3v) is 2.15. The van der Waals surface area contributed by atoms with Crippen molar-refractivity contribution >= 4 is 0 Å². The van der Waals surface area contributed by atoms with Crippen molar-refractivity contribution in [1.29, 1.82) is 0 Å². The molecule has 1 aliphatic carbocycles. The molecule has 0 nitrogen and oxygen atoms in total. The van der Waals surface area contributed by atoms with Crippen LogP contribution in [0.15, 0.2) is 0 Å². The molecule has 0 bridgehead atoms. The lowest BCUT2D eigenvalue weighted by atomic mass is 10.0. The minimum Gasteiger partial charge on any atom is -0.207 e. The first-order chi connectivity index (χ1) is 4.17. The normalized spacial score (nSPS) is 33.0. The molecule has 54 valence electrons. The van der Waals surface area contributed by atoms with Crippen molar-refractivity contribution in [2.45, 2.75) is 38.5 Å². The monoisotopic (exact) mass is 134 g/mol. The van der Waals surface area contributed by atoms with Gasteiger partial charge in [-0.3, -0.25) is 0 Å². The highest BCUT2D eigenvalue weighted by Crippen LogP contribution is 2.41. The first kappa shape index (κ1) is 6.97. The van der Waals surface area contributed by atoms with Crippen molar-refractivity contribution in [2.24, 2.45) is 5.92 Å². The zero-order chi connectivity index (χ0) is 6.91. The van der Waals surface area contributed by atoms with E-state index in [1.54, 1.807) is 0 Å². The van der Waals surface area contributed by atoms with Gasteiger partial charge in [0.15, 0.2) is 0 Å². The largest absolute Gasteiger partial charge is 0.250 e. The van der Waals surface area contributed by atoms with E-state index in [9.17, 15) is 8.78 Å². The van der Waals surface area contributed by atoms with Crippen LogP contribution in [0.2, 0.25) is 0 Å². The maximum Gasteiger partial charge on any atom is 0.250 e. The molecule has 1 aliphatic rings. The van der Waals surface area contributed by atoms with Gasteiger partial charge in [0.25, 0.3) is 5.92 Å². The molecule has 0 aromatic heterocycles. The molecule has 0 spiro atoms. The van der Waals surface area contributed by atoms with E-state index in [-0.39, 0.29) is 12.3 Å². The van der Waals surface area contributed by atoms with Gasteiger partial charge in [-0.1, -0.05) is 6.92 Å². The number of hydrogen-bond acceptors (Lipinski definition) is 0. The Morgan fingerprint density at radius 3 is 2.44 bits per heavy atom. The van der Waals surface area contributed by atoms with Crippen LogP contribution >= 0.6 is 0 Å². The van der Waals surface area contributed by atoms with Gasteiger partial charge in [-0.15, -0.1) is 0 Å². The second-order valence-corrected chi connectivity index (χ2v) is 2.76. The standard InChI is InChI=1S/C7H12F2/c1-2-6-4-3-5-7(6,8)9/h6H,2-5H2,1H3. The minimum absolute atomic E-state index is 0.117. The number of hydrogen-bond donors (Lipinski definition) is 0. The number of rotatable bonds is 1. The van der Waals surface area contributed by atoms with Crippen LogP contribution in [0, 0.1) is 5.92 Å². The molecule has 0 amide bonds. The molecule has 9 heavy (non-hydrogen) atoms. The molecule has 1 atom stereocenters. The zero-order valence-corrected chi connectivity index (χ0v) is 5.66. The lowest BCUT2D eigenvalue weighted by Crippen LogP contribution is -2.20. The van der Waals surface area contributed by atoms with Crippen LogP contribution in [0.3, 0.4) is 0 Å². The van der Waals surface area contributed by atoms with E-state index >= 15 is 0 Å². The van der Waals surface area contributed by atoms with E-state index < -0.39 is 5.92 Å². The fourth-order valence-electron chi connectivity index (χ4n) is 1.50. The quantitative estimate of drug-likeness (QED) is 0.517. The van der Waals surface area contributed by atoms with Crippen molar-refractivity contribution in [3.63, 3.8) is 0 Å². The molecule has 1 rings (SSSR count). The summed E-state index contributed by atoms with van der Waals surface area (Å²) in [6, 6.07) is 0. The van der Waals surface area contributed by atoms with Crippen molar-refractivity contribution in [3.8, 4) is 0 Å². The van der Waals surface area contributed by atoms with E-state index in [4.69, 9.17) is 0 Å². The molecule has 0 N–H and O–H groups in total. The summed E-state index contributed by atoms with van der Waals surface area (Å²) in [6.07, 6.45) is 2.19. The predicted molar refractivity (Wildman–Crippen MR) is 32.6 cm³/mol. The van der Waals surface area contributed by atoms with Crippen LogP contribution in [0.1, 0.15) is 32.6 Å². The molecule has 1 unspecified atom stereocenters. The van der Waals surface area contributed by atoms with Crippen LogP contribution in [-0.4, -0.2) is 5.92 Å². The molecule has 0 aliphatic heterocycles. The van der Waals surface area contributed by atoms with E-state index in [0.29, 0.717) is 12.8 Å².